The largest absolute Gasteiger partial charge is 0.458 e. The van der Waals surface area contributed by atoms with E-state index in [4.69, 9.17) is 4.74 Å². The maximum atomic E-state index is 8.04. The van der Waals surface area contributed by atoms with Crippen LogP contribution >= 0.6 is 0 Å². The summed E-state index contributed by atoms with van der Waals surface area (Å²) in [6, 6.07) is 138. The van der Waals surface area contributed by atoms with E-state index in [2.05, 4.69) is 390 Å². The van der Waals surface area contributed by atoms with Crippen molar-refractivity contribution >= 4 is 138 Å². The molecule has 0 saturated carbocycles. The maximum Gasteiger partial charge on any atom is 0.256 e. The highest BCUT2D eigenvalue weighted by Gasteiger charge is 2.53. The number of nitrogens with zero attached hydrogens (tertiary/aromatic N) is 4. The predicted octanol–water partition coefficient (Wildman–Crippen LogP) is 18.8. The first-order chi connectivity index (χ1) is 51.6. The highest BCUT2D eigenvalue weighted by atomic mass is 16.5. The lowest BCUT2D eigenvalue weighted by atomic mass is 9.28. The van der Waals surface area contributed by atoms with E-state index in [1.165, 1.54) is 66.6 Å². The van der Waals surface area contributed by atoms with Crippen molar-refractivity contribution in [1.82, 2.24) is 0 Å². The summed E-state index contributed by atoms with van der Waals surface area (Å²) in [6.07, 6.45) is 0. The molecule has 6 aliphatic rings. The zero-order valence-electron chi connectivity index (χ0n) is 56.6. The third-order valence-electron chi connectivity index (χ3n) is 22.6. The Morgan fingerprint density at radius 3 is 1.08 bits per heavy atom. The second-order valence-corrected chi connectivity index (χ2v) is 28.1. The highest BCUT2D eigenvalue weighted by molar-refractivity contribution is 7.05. The fourth-order valence-electron chi connectivity index (χ4n) is 18.3. The van der Waals surface area contributed by atoms with Crippen LogP contribution in [0, 0.1) is 0 Å². The van der Waals surface area contributed by atoms with Gasteiger partial charge in [0.2, 0.25) is 0 Å². The summed E-state index contributed by atoms with van der Waals surface area (Å²) in [5, 5.41) is 0. The molecule has 6 heterocycles. The molecule has 0 N–H and O–H groups in total. The fraction of sp³-hybridized carbons (Fsp3) is 0. The molecular formula is C96H61B3N4O. The highest BCUT2D eigenvalue weighted by Crippen LogP contribution is 2.55. The number of benzene rings is 16. The Morgan fingerprint density at radius 2 is 0.548 bits per heavy atom. The van der Waals surface area contributed by atoms with Crippen molar-refractivity contribution in [3.8, 4) is 78.3 Å². The Labute approximate surface area is 606 Å². The summed E-state index contributed by atoms with van der Waals surface area (Å²) in [6.45, 7) is -0.533. The zero-order valence-corrected chi connectivity index (χ0v) is 56.6. The van der Waals surface area contributed by atoms with Gasteiger partial charge in [-0.3, -0.25) is 0 Å². The van der Waals surface area contributed by atoms with Crippen molar-refractivity contribution < 1.29 is 4.74 Å². The minimum Gasteiger partial charge on any atom is -0.458 e. The predicted molar refractivity (Wildman–Crippen MR) is 438 cm³/mol. The van der Waals surface area contributed by atoms with Crippen LogP contribution in [0.1, 0.15) is 0 Å². The van der Waals surface area contributed by atoms with E-state index in [1.807, 2.05) is 0 Å². The van der Waals surface area contributed by atoms with Crippen molar-refractivity contribution in [2.45, 2.75) is 0 Å². The molecule has 6 aliphatic heterocycles. The first kappa shape index (κ1) is 58.5. The van der Waals surface area contributed by atoms with Crippen molar-refractivity contribution in [2.24, 2.45) is 0 Å². The quantitative estimate of drug-likeness (QED) is 0.134. The fourth-order valence-corrected chi connectivity index (χ4v) is 18.3. The lowest BCUT2D eigenvalue weighted by Gasteiger charge is -2.51. The number of anilines is 12. The van der Waals surface area contributed by atoms with Crippen molar-refractivity contribution in [1.29, 1.82) is 0 Å². The molecule has 16 aromatic carbocycles. The van der Waals surface area contributed by atoms with Gasteiger partial charge in [0.1, 0.15) is 11.5 Å². The summed E-state index contributed by atoms with van der Waals surface area (Å²) >= 11 is 0. The summed E-state index contributed by atoms with van der Waals surface area (Å²) in [5.74, 6) is 1.66. The van der Waals surface area contributed by atoms with Crippen LogP contribution in [0.5, 0.6) is 11.5 Å². The lowest BCUT2D eigenvalue weighted by Crippen LogP contribution is -2.69. The standard InChI is InChI=1S/C96H61B3N4O/c1-7-29-62(30-8-1)67-39-27-40-68(53-67)71-57-87-92-91(58-71)104-90-61-86-80(59-81(90)99(92)77-46-20-24-50-83(77)101(87)73-55-69(63-31-9-2-10-32-63)54-70(56-73)64-33-11-3-12-34-64)98-79-48-22-26-52-85(79)102-84-51-25-21-47-78(84)97-76-45-19-23-49-82(76)100(72-41-17-6-18-42-72)88-60-89(94(98)96(102)93(88)97)103(86)95-74(65-35-13-4-14-36-65)43-28-44-75(95)66-37-15-5-16-38-66/h1-61H. The molecule has 0 radical (unpaired) electrons. The molecule has 5 nitrogen and oxygen atoms in total. The molecular weight excluding hydrogens is 1260 g/mol. The third kappa shape index (κ3) is 8.79. The van der Waals surface area contributed by atoms with E-state index < -0.39 is 0 Å². The molecule has 0 atom stereocenters. The Kier molecular flexibility index (Phi) is 13.0. The molecule has 0 unspecified atom stereocenters. The maximum absolute atomic E-state index is 8.04. The number of ether oxygens (including phenoxy) is 1. The minimum absolute atomic E-state index is 0.0671. The normalized spacial score (nSPS) is 13.3. The average molecular weight is 1320 g/mol. The molecule has 0 saturated heterocycles. The number of rotatable bonds is 9. The van der Waals surface area contributed by atoms with Gasteiger partial charge in [0.25, 0.3) is 20.1 Å². The van der Waals surface area contributed by atoms with Crippen LogP contribution in [0.4, 0.5) is 68.2 Å². The smallest absolute Gasteiger partial charge is 0.256 e. The topological polar surface area (TPSA) is 22.2 Å². The molecule has 22 rings (SSSR count). The van der Waals surface area contributed by atoms with E-state index in [9.17, 15) is 0 Å². The van der Waals surface area contributed by atoms with Gasteiger partial charge in [-0.15, -0.1) is 0 Å². The van der Waals surface area contributed by atoms with Gasteiger partial charge in [0.15, 0.2) is 0 Å². The molecule has 0 aliphatic carbocycles. The Morgan fingerprint density at radius 1 is 0.183 bits per heavy atom. The molecule has 16 aromatic rings. The Hall–Kier alpha value is -13.3. The lowest BCUT2D eigenvalue weighted by molar-refractivity contribution is 0.488. The zero-order chi connectivity index (χ0) is 68.1. The second kappa shape index (κ2) is 23.1. The number of hydrogen-bond acceptors (Lipinski definition) is 5. The molecule has 0 aromatic heterocycles. The summed E-state index contributed by atoms with van der Waals surface area (Å²) in [7, 11) is 0. The summed E-state index contributed by atoms with van der Waals surface area (Å²) in [5.41, 5.74) is 38.4. The van der Waals surface area contributed by atoms with Crippen LogP contribution in [0.3, 0.4) is 0 Å². The third-order valence-corrected chi connectivity index (χ3v) is 22.6. The van der Waals surface area contributed by atoms with Crippen LogP contribution in [-0.4, -0.2) is 20.1 Å². The van der Waals surface area contributed by atoms with Gasteiger partial charge in [-0.25, -0.2) is 0 Å². The van der Waals surface area contributed by atoms with E-state index in [-0.39, 0.29) is 20.1 Å². The SMILES string of the molecule is c1ccc(-c2cccc(-c3cc4c5c(c3)N(c3cc(-c6ccccc6)cc(-c6ccccc6)c3)c3ccccc3B5c3cc5c(cc3O4)N(c3c(-c4ccccc4)cccc3-c3ccccc3)c3cc4c6c7c3B5c3ccccc3N7c3ccccc3B6c3ccccc3N4c3ccccc3)c2)cc1. The molecule has 104 heavy (non-hydrogen) atoms. The minimum atomic E-state index is -0.243. The van der Waals surface area contributed by atoms with Gasteiger partial charge in [-0.1, -0.05) is 285 Å². The van der Waals surface area contributed by atoms with Crippen LogP contribution in [-0.2, 0) is 0 Å². The monoisotopic (exact) mass is 1320 g/mol. The van der Waals surface area contributed by atoms with Gasteiger partial charge >= 0.3 is 0 Å². The number of hydrogen-bond donors (Lipinski definition) is 0. The summed E-state index contributed by atoms with van der Waals surface area (Å²) < 4.78 is 8.04. The molecule has 0 amide bonds. The molecule has 480 valence electrons. The summed E-state index contributed by atoms with van der Waals surface area (Å²) in [4.78, 5) is 10.4. The van der Waals surface area contributed by atoms with Crippen LogP contribution < -0.4 is 73.5 Å². The number of fused-ring (bicyclic) bond motifs is 14. The van der Waals surface area contributed by atoms with E-state index in [0.29, 0.717) is 0 Å². The van der Waals surface area contributed by atoms with Crippen molar-refractivity contribution in [2.75, 3.05) is 19.6 Å². The van der Waals surface area contributed by atoms with Crippen LogP contribution in [0.2, 0.25) is 0 Å². The first-order valence-corrected chi connectivity index (χ1v) is 36.1. The molecule has 0 fully saturated rings. The van der Waals surface area contributed by atoms with Crippen LogP contribution in [0.15, 0.2) is 370 Å². The Balaban J connectivity index is 0.854. The molecule has 0 spiro atoms. The second-order valence-electron chi connectivity index (χ2n) is 28.1. The Bertz CT molecular complexity index is 6070. The average Bonchev–Trinajstić information content (AvgIpc) is 0.666. The van der Waals surface area contributed by atoms with Gasteiger partial charge in [-0.2, -0.15) is 0 Å². The van der Waals surface area contributed by atoms with Gasteiger partial charge < -0.3 is 24.3 Å². The van der Waals surface area contributed by atoms with Crippen molar-refractivity contribution in [3.63, 3.8) is 0 Å². The van der Waals surface area contributed by atoms with E-state index >= 15 is 0 Å². The van der Waals surface area contributed by atoms with Crippen molar-refractivity contribution in [3.05, 3.63) is 370 Å². The van der Waals surface area contributed by atoms with Gasteiger partial charge in [-0.05, 0) is 184 Å². The van der Waals surface area contributed by atoms with E-state index in [0.717, 1.165) is 129 Å². The van der Waals surface area contributed by atoms with Crippen LogP contribution in [0.25, 0.3) is 66.8 Å². The van der Waals surface area contributed by atoms with Gasteiger partial charge in [0.05, 0.1) is 5.69 Å². The first-order valence-electron chi connectivity index (χ1n) is 36.1. The van der Waals surface area contributed by atoms with Gasteiger partial charge in [0, 0.05) is 79.8 Å². The van der Waals surface area contributed by atoms with E-state index in [1.54, 1.807) is 0 Å². The number of para-hydroxylation sites is 6. The molecule has 8 heteroatoms. The molecule has 0 bridgehead atoms.